The Morgan fingerprint density at radius 1 is 1.32 bits per heavy atom. The number of halogens is 3. The Labute approximate surface area is 109 Å². The number of amides is 1. The van der Waals surface area contributed by atoms with Gasteiger partial charge in [0.15, 0.2) is 0 Å². The van der Waals surface area contributed by atoms with Gasteiger partial charge in [-0.3, -0.25) is 4.79 Å². The monoisotopic (exact) mass is 273 g/mol. The summed E-state index contributed by atoms with van der Waals surface area (Å²) in [6.07, 6.45) is -3.69. The molecule has 19 heavy (non-hydrogen) atoms. The molecule has 0 aliphatic carbocycles. The molecule has 1 aliphatic rings. The molecule has 1 aliphatic heterocycles. The maximum atomic E-state index is 12.4. The topological polar surface area (TPSA) is 29.5 Å². The quantitative estimate of drug-likeness (QED) is 0.847. The van der Waals surface area contributed by atoms with Gasteiger partial charge in [0.25, 0.3) is 0 Å². The first-order chi connectivity index (χ1) is 8.93. The Bertz CT molecular complexity index is 456. The summed E-state index contributed by atoms with van der Waals surface area (Å²) in [6.45, 7) is 0.855. The van der Waals surface area contributed by atoms with Crippen LogP contribution in [0.5, 0.6) is 0 Å². The molecule has 104 valence electrons. The van der Waals surface area contributed by atoms with Crippen LogP contribution in [0.2, 0.25) is 0 Å². The molecule has 0 spiro atoms. The van der Waals surface area contributed by atoms with Crippen molar-refractivity contribution in [3.8, 4) is 0 Å². The van der Waals surface area contributed by atoms with Gasteiger partial charge in [0.1, 0.15) is 0 Å². The molecule has 3 nitrogen and oxygen atoms in total. The molecule has 0 saturated carbocycles. The lowest BCUT2D eigenvalue weighted by atomic mass is 10.1. The van der Waals surface area contributed by atoms with Crippen molar-refractivity contribution in [3.05, 3.63) is 29.8 Å². The number of ether oxygens (including phenoxy) is 1. The number of nitrogens with zero attached hydrogens (tertiary/aromatic N) is 1. The van der Waals surface area contributed by atoms with E-state index < -0.39 is 11.7 Å². The zero-order valence-corrected chi connectivity index (χ0v) is 10.4. The highest BCUT2D eigenvalue weighted by Crippen LogP contribution is 2.32. The van der Waals surface area contributed by atoms with Gasteiger partial charge in [-0.2, -0.15) is 13.2 Å². The second-order valence-electron chi connectivity index (χ2n) is 4.48. The highest BCUT2D eigenvalue weighted by atomic mass is 19.4. The number of carbonyl (C=O) groups excluding carboxylic acids is 1. The summed E-state index contributed by atoms with van der Waals surface area (Å²) >= 11 is 0. The molecule has 1 heterocycles. The zero-order chi connectivity index (χ0) is 14.0. The normalized spacial score (nSPS) is 20.1. The van der Waals surface area contributed by atoms with E-state index in [-0.39, 0.29) is 11.8 Å². The van der Waals surface area contributed by atoms with Gasteiger partial charge in [0.2, 0.25) is 5.91 Å². The summed E-state index contributed by atoms with van der Waals surface area (Å²) in [5.74, 6) is -0.297. The second-order valence-corrected chi connectivity index (χ2v) is 4.48. The lowest BCUT2D eigenvalue weighted by Gasteiger charge is -2.17. The largest absolute Gasteiger partial charge is 0.416 e. The molecule has 6 heteroatoms. The van der Waals surface area contributed by atoms with Gasteiger partial charge >= 0.3 is 6.18 Å². The van der Waals surface area contributed by atoms with Crippen molar-refractivity contribution < 1.29 is 22.7 Å². The third kappa shape index (κ3) is 2.89. The van der Waals surface area contributed by atoms with Crippen LogP contribution in [0.25, 0.3) is 0 Å². The van der Waals surface area contributed by atoms with Crippen LogP contribution in [0.15, 0.2) is 24.3 Å². The molecular formula is C13H14F3NO2. The summed E-state index contributed by atoms with van der Waals surface area (Å²) in [6, 6.07) is 4.64. The molecule has 0 bridgehead atoms. The van der Waals surface area contributed by atoms with Crippen LogP contribution in [-0.2, 0) is 15.7 Å². The molecule has 1 atom stereocenters. The number of hydrogen-bond acceptors (Lipinski definition) is 2. The van der Waals surface area contributed by atoms with Crippen molar-refractivity contribution in [3.63, 3.8) is 0 Å². The average Bonchev–Trinajstić information content (AvgIpc) is 2.71. The van der Waals surface area contributed by atoms with Crippen LogP contribution in [0.4, 0.5) is 18.9 Å². The van der Waals surface area contributed by atoms with Crippen molar-refractivity contribution in [2.24, 2.45) is 5.92 Å². The van der Waals surface area contributed by atoms with Gasteiger partial charge in [-0.25, -0.2) is 0 Å². The molecule has 1 amide bonds. The number of alkyl halides is 3. The smallest absolute Gasteiger partial charge is 0.384 e. The SMILES string of the molecule is COCC1CCN(c2ccc(C(F)(F)F)cc2)C1=O. The predicted molar refractivity (Wildman–Crippen MR) is 63.8 cm³/mol. The number of anilines is 1. The number of hydrogen-bond donors (Lipinski definition) is 0. The maximum Gasteiger partial charge on any atom is 0.416 e. The molecular weight excluding hydrogens is 259 g/mol. The van der Waals surface area contributed by atoms with E-state index in [9.17, 15) is 18.0 Å². The van der Waals surface area contributed by atoms with E-state index in [2.05, 4.69) is 0 Å². The number of rotatable bonds is 3. The summed E-state index contributed by atoms with van der Waals surface area (Å²) in [4.78, 5) is 13.5. The van der Waals surface area contributed by atoms with Crippen molar-refractivity contribution in [1.82, 2.24) is 0 Å². The molecule has 2 rings (SSSR count). The summed E-state index contributed by atoms with van der Waals surface area (Å²) in [5, 5.41) is 0. The number of methoxy groups -OCH3 is 1. The van der Waals surface area contributed by atoms with Crippen LogP contribution < -0.4 is 4.90 Å². The van der Waals surface area contributed by atoms with E-state index in [0.717, 1.165) is 12.1 Å². The van der Waals surface area contributed by atoms with E-state index in [0.29, 0.717) is 25.3 Å². The first kappa shape index (κ1) is 13.9. The van der Waals surface area contributed by atoms with Crippen molar-refractivity contribution in [1.29, 1.82) is 0 Å². The third-order valence-electron chi connectivity index (χ3n) is 3.19. The molecule has 1 fully saturated rings. The lowest BCUT2D eigenvalue weighted by Crippen LogP contribution is -2.28. The van der Waals surface area contributed by atoms with Gasteiger partial charge in [-0.1, -0.05) is 0 Å². The Balaban J connectivity index is 2.13. The molecule has 1 unspecified atom stereocenters. The van der Waals surface area contributed by atoms with Crippen molar-refractivity contribution >= 4 is 11.6 Å². The Morgan fingerprint density at radius 2 is 1.95 bits per heavy atom. The Kier molecular flexibility index (Phi) is 3.80. The maximum absolute atomic E-state index is 12.4. The zero-order valence-electron chi connectivity index (χ0n) is 10.4. The molecule has 1 aromatic rings. The lowest BCUT2D eigenvalue weighted by molar-refractivity contribution is -0.137. The van der Waals surface area contributed by atoms with Gasteiger partial charge in [-0.15, -0.1) is 0 Å². The van der Waals surface area contributed by atoms with Crippen LogP contribution >= 0.6 is 0 Å². The molecule has 1 aromatic carbocycles. The predicted octanol–water partition coefficient (Wildman–Crippen LogP) is 2.70. The summed E-state index contributed by atoms with van der Waals surface area (Å²) < 4.78 is 42.3. The highest BCUT2D eigenvalue weighted by Gasteiger charge is 2.34. The average molecular weight is 273 g/mol. The van der Waals surface area contributed by atoms with Crippen molar-refractivity contribution in [2.45, 2.75) is 12.6 Å². The van der Waals surface area contributed by atoms with Crippen LogP contribution in [0.1, 0.15) is 12.0 Å². The fraction of sp³-hybridized carbons (Fsp3) is 0.462. The number of benzene rings is 1. The molecule has 0 radical (unpaired) electrons. The van der Waals surface area contributed by atoms with Gasteiger partial charge in [0.05, 0.1) is 18.1 Å². The van der Waals surface area contributed by atoms with Crippen LogP contribution in [0.3, 0.4) is 0 Å². The van der Waals surface area contributed by atoms with E-state index in [1.807, 2.05) is 0 Å². The van der Waals surface area contributed by atoms with E-state index in [1.165, 1.54) is 24.1 Å². The minimum atomic E-state index is -4.36. The van der Waals surface area contributed by atoms with E-state index >= 15 is 0 Å². The highest BCUT2D eigenvalue weighted by molar-refractivity contribution is 5.97. The van der Waals surface area contributed by atoms with Gasteiger partial charge < -0.3 is 9.64 Å². The van der Waals surface area contributed by atoms with Crippen LogP contribution in [-0.4, -0.2) is 26.2 Å². The number of carbonyl (C=O) groups is 1. The third-order valence-corrected chi connectivity index (χ3v) is 3.19. The molecule has 0 N–H and O–H groups in total. The summed E-state index contributed by atoms with van der Waals surface area (Å²) in [7, 11) is 1.52. The molecule has 0 aromatic heterocycles. The Morgan fingerprint density at radius 3 is 2.47 bits per heavy atom. The van der Waals surface area contributed by atoms with E-state index in [1.54, 1.807) is 0 Å². The second kappa shape index (κ2) is 5.21. The Hall–Kier alpha value is -1.56. The first-order valence-corrected chi connectivity index (χ1v) is 5.91. The fourth-order valence-corrected chi connectivity index (χ4v) is 2.18. The fourth-order valence-electron chi connectivity index (χ4n) is 2.18. The van der Waals surface area contributed by atoms with Gasteiger partial charge in [-0.05, 0) is 30.7 Å². The standard InChI is InChI=1S/C13H14F3NO2/c1-19-8-9-6-7-17(12(9)18)11-4-2-10(3-5-11)13(14,15)16/h2-5,9H,6-8H2,1H3. The minimum absolute atomic E-state index is 0.0957. The molecule has 1 saturated heterocycles. The summed E-state index contributed by atoms with van der Waals surface area (Å²) in [5.41, 5.74) is -0.215. The van der Waals surface area contributed by atoms with Gasteiger partial charge in [0, 0.05) is 19.3 Å². The van der Waals surface area contributed by atoms with E-state index in [4.69, 9.17) is 4.74 Å². The van der Waals surface area contributed by atoms with Crippen LogP contribution in [0, 0.1) is 5.92 Å². The minimum Gasteiger partial charge on any atom is -0.384 e. The van der Waals surface area contributed by atoms with Crippen molar-refractivity contribution in [2.75, 3.05) is 25.2 Å². The first-order valence-electron chi connectivity index (χ1n) is 5.91.